The molecule has 24 heavy (non-hydrogen) atoms. The molecule has 2 heterocycles. The van der Waals surface area contributed by atoms with E-state index < -0.39 is 0 Å². The van der Waals surface area contributed by atoms with Gasteiger partial charge in [0, 0.05) is 39.0 Å². The van der Waals surface area contributed by atoms with Crippen LogP contribution in [0.5, 0.6) is 0 Å². The summed E-state index contributed by atoms with van der Waals surface area (Å²) in [5, 5.41) is 3.10. The fraction of sp³-hybridized carbons (Fsp3) is 0.474. The lowest BCUT2D eigenvalue weighted by Crippen LogP contribution is -2.49. The van der Waals surface area contributed by atoms with E-state index in [1.807, 2.05) is 23.9 Å². The van der Waals surface area contributed by atoms with Gasteiger partial charge in [0.15, 0.2) is 0 Å². The average Bonchev–Trinajstić information content (AvgIpc) is 3.01. The van der Waals surface area contributed by atoms with E-state index in [9.17, 15) is 4.79 Å². The van der Waals surface area contributed by atoms with Gasteiger partial charge in [-0.25, -0.2) is 4.98 Å². The Morgan fingerprint density at radius 1 is 1.29 bits per heavy atom. The van der Waals surface area contributed by atoms with Crippen LogP contribution >= 0.6 is 0 Å². The molecule has 1 fully saturated rings. The number of likely N-dealkylation sites (tertiary alicyclic amines) is 1. The van der Waals surface area contributed by atoms with E-state index in [1.54, 1.807) is 6.20 Å². The zero-order valence-corrected chi connectivity index (χ0v) is 14.3. The summed E-state index contributed by atoms with van der Waals surface area (Å²) in [5.74, 6) is 1.15. The molecule has 1 saturated heterocycles. The molecular weight excluding hydrogens is 300 g/mol. The van der Waals surface area contributed by atoms with Crippen molar-refractivity contribution < 1.29 is 4.79 Å². The number of nitrogens with one attached hydrogen (secondary N) is 1. The quantitative estimate of drug-likeness (QED) is 0.885. The molecular formula is C19H26N4O. The first kappa shape index (κ1) is 16.7. The third kappa shape index (κ3) is 4.23. The third-order valence-corrected chi connectivity index (χ3v) is 4.71. The Bertz CT molecular complexity index is 652. The normalized spacial score (nSPS) is 18.5. The van der Waals surface area contributed by atoms with Crippen LogP contribution in [0.4, 0.5) is 0 Å². The Balaban J connectivity index is 1.54. The van der Waals surface area contributed by atoms with Gasteiger partial charge in [-0.3, -0.25) is 9.69 Å². The minimum Gasteiger partial charge on any atom is -0.354 e. The second-order valence-corrected chi connectivity index (χ2v) is 6.46. The van der Waals surface area contributed by atoms with Crippen LogP contribution in [0, 0.1) is 0 Å². The highest BCUT2D eigenvalue weighted by Gasteiger charge is 2.28. The Morgan fingerprint density at radius 3 is 2.88 bits per heavy atom. The molecule has 1 N–H and O–H groups in total. The van der Waals surface area contributed by atoms with Crippen LogP contribution in [0.25, 0.3) is 0 Å². The maximum atomic E-state index is 12.6. The molecule has 0 aliphatic carbocycles. The van der Waals surface area contributed by atoms with E-state index in [-0.39, 0.29) is 11.9 Å². The van der Waals surface area contributed by atoms with Crippen molar-refractivity contribution in [2.75, 3.05) is 13.1 Å². The number of carbonyl (C=O) groups excluding carboxylic acids is 1. The number of hydrogen-bond donors (Lipinski definition) is 1. The summed E-state index contributed by atoms with van der Waals surface area (Å²) in [6, 6.07) is 10.4. The maximum Gasteiger partial charge on any atom is 0.237 e. The number of benzene rings is 1. The van der Waals surface area contributed by atoms with Crippen LogP contribution in [0.2, 0.25) is 0 Å². The van der Waals surface area contributed by atoms with Crippen molar-refractivity contribution in [3.05, 3.63) is 54.1 Å². The van der Waals surface area contributed by atoms with Crippen LogP contribution in [0.1, 0.15) is 30.7 Å². The summed E-state index contributed by atoms with van der Waals surface area (Å²) < 4.78 is 1.99. The van der Waals surface area contributed by atoms with Crippen molar-refractivity contribution in [3.63, 3.8) is 0 Å². The van der Waals surface area contributed by atoms with E-state index >= 15 is 0 Å². The molecule has 3 rings (SSSR count). The molecule has 0 spiro atoms. The maximum absolute atomic E-state index is 12.6. The molecule has 5 nitrogen and oxygen atoms in total. The predicted molar refractivity (Wildman–Crippen MR) is 94.4 cm³/mol. The monoisotopic (exact) mass is 326 g/mol. The van der Waals surface area contributed by atoms with Crippen molar-refractivity contribution in [3.8, 4) is 0 Å². The number of amides is 1. The molecule has 1 amide bonds. The number of hydrogen-bond acceptors (Lipinski definition) is 3. The molecule has 0 radical (unpaired) electrons. The highest BCUT2D eigenvalue weighted by atomic mass is 16.2. The van der Waals surface area contributed by atoms with E-state index in [0.717, 1.165) is 38.2 Å². The van der Waals surface area contributed by atoms with Crippen molar-refractivity contribution >= 4 is 5.91 Å². The Labute approximate surface area is 143 Å². The van der Waals surface area contributed by atoms with Crippen molar-refractivity contribution in [2.24, 2.45) is 7.05 Å². The SMILES string of the molecule is Cn1ccnc1CCNC(=O)C1CCCCN1Cc1ccccc1. The number of carbonyl (C=O) groups is 1. The van der Waals surface area contributed by atoms with Crippen LogP contribution in [-0.2, 0) is 24.8 Å². The number of aryl methyl sites for hydroxylation is 1. The molecule has 1 unspecified atom stereocenters. The summed E-state index contributed by atoms with van der Waals surface area (Å²) in [4.78, 5) is 19.2. The zero-order chi connectivity index (χ0) is 16.8. The number of piperidine rings is 1. The highest BCUT2D eigenvalue weighted by molar-refractivity contribution is 5.81. The highest BCUT2D eigenvalue weighted by Crippen LogP contribution is 2.19. The van der Waals surface area contributed by atoms with Gasteiger partial charge in [-0.15, -0.1) is 0 Å². The van der Waals surface area contributed by atoms with Gasteiger partial charge >= 0.3 is 0 Å². The molecule has 2 aromatic rings. The molecule has 0 bridgehead atoms. The smallest absolute Gasteiger partial charge is 0.237 e. The van der Waals surface area contributed by atoms with Crippen molar-refractivity contribution in [1.29, 1.82) is 0 Å². The lowest BCUT2D eigenvalue weighted by atomic mass is 10.0. The molecule has 1 aliphatic heterocycles. The van der Waals surface area contributed by atoms with Crippen LogP contribution in [0.15, 0.2) is 42.7 Å². The number of imidazole rings is 1. The number of nitrogens with zero attached hydrogens (tertiary/aromatic N) is 3. The minimum atomic E-state index is -0.0136. The molecule has 1 aromatic carbocycles. The van der Waals surface area contributed by atoms with Gasteiger partial charge in [0.2, 0.25) is 5.91 Å². The molecule has 1 aromatic heterocycles. The fourth-order valence-corrected chi connectivity index (χ4v) is 3.35. The fourth-order valence-electron chi connectivity index (χ4n) is 3.35. The van der Waals surface area contributed by atoms with Gasteiger partial charge in [-0.1, -0.05) is 36.8 Å². The van der Waals surface area contributed by atoms with Gasteiger partial charge in [0.25, 0.3) is 0 Å². The van der Waals surface area contributed by atoms with Gasteiger partial charge < -0.3 is 9.88 Å². The Hall–Kier alpha value is -2.14. The summed E-state index contributed by atoms with van der Waals surface area (Å²) >= 11 is 0. The lowest BCUT2D eigenvalue weighted by molar-refractivity contribution is -0.127. The number of rotatable bonds is 6. The first-order valence-corrected chi connectivity index (χ1v) is 8.76. The third-order valence-electron chi connectivity index (χ3n) is 4.71. The largest absolute Gasteiger partial charge is 0.354 e. The second kappa shape index (κ2) is 8.11. The lowest BCUT2D eigenvalue weighted by Gasteiger charge is -2.34. The first-order chi connectivity index (χ1) is 11.7. The van der Waals surface area contributed by atoms with Crippen LogP contribution in [0.3, 0.4) is 0 Å². The van der Waals surface area contributed by atoms with Gasteiger partial charge in [-0.2, -0.15) is 0 Å². The molecule has 0 saturated carbocycles. The first-order valence-electron chi connectivity index (χ1n) is 8.76. The van der Waals surface area contributed by atoms with E-state index in [4.69, 9.17) is 0 Å². The average molecular weight is 326 g/mol. The van der Waals surface area contributed by atoms with Crippen LogP contribution < -0.4 is 5.32 Å². The topological polar surface area (TPSA) is 50.2 Å². The Morgan fingerprint density at radius 2 is 2.12 bits per heavy atom. The van der Waals surface area contributed by atoms with Crippen molar-refractivity contribution in [1.82, 2.24) is 19.8 Å². The van der Waals surface area contributed by atoms with E-state index in [2.05, 4.69) is 39.5 Å². The van der Waals surface area contributed by atoms with Gasteiger partial charge in [-0.05, 0) is 24.9 Å². The second-order valence-electron chi connectivity index (χ2n) is 6.46. The van der Waals surface area contributed by atoms with E-state index in [1.165, 1.54) is 12.0 Å². The van der Waals surface area contributed by atoms with Gasteiger partial charge in [0.1, 0.15) is 5.82 Å². The summed E-state index contributed by atoms with van der Waals surface area (Å²) in [6.45, 7) is 2.48. The molecule has 5 heteroatoms. The molecule has 128 valence electrons. The zero-order valence-electron chi connectivity index (χ0n) is 14.3. The van der Waals surface area contributed by atoms with Crippen molar-refractivity contribution in [2.45, 2.75) is 38.3 Å². The standard InChI is InChI=1S/C19H26N4O/c1-22-14-12-20-18(22)10-11-21-19(24)17-9-5-6-13-23(17)15-16-7-3-2-4-8-16/h2-4,7-8,12,14,17H,5-6,9-11,13,15H2,1H3,(H,21,24). The summed E-state index contributed by atoms with van der Waals surface area (Å²) in [6.07, 6.45) is 7.73. The summed E-state index contributed by atoms with van der Waals surface area (Å²) in [7, 11) is 1.98. The predicted octanol–water partition coefficient (Wildman–Crippen LogP) is 2.13. The molecule has 1 aliphatic rings. The number of aromatic nitrogens is 2. The minimum absolute atomic E-state index is 0.0136. The van der Waals surface area contributed by atoms with Crippen LogP contribution in [-0.4, -0.2) is 39.5 Å². The van der Waals surface area contributed by atoms with E-state index in [0.29, 0.717) is 6.54 Å². The van der Waals surface area contributed by atoms with Gasteiger partial charge in [0.05, 0.1) is 6.04 Å². The Kier molecular flexibility index (Phi) is 5.64. The molecule has 1 atom stereocenters. The summed E-state index contributed by atoms with van der Waals surface area (Å²) in [5.41, 5.74) is 1.27.